The van der Waals surface area contributed by atoms with Crippen LogP contribution in [-0.2, 0) is 21.2 Å². The number of hydrogen-bond acceptors (Lipinski definition) is 4. The molecule has 162 valence electrons. The zero-order chi connectivity index (χ0) is 22.3. The predicted molar refractivity (Wildman–Crippen MR) is 123 cm³/mol. The highest BCUT2D eigenvalue weighted by Crippen LogP contribution is 2.22. The molecule has 3 rings (SSSR count). The quantitative estimate of drug-likeness (QED) is 0.531. The molecule has 31 heavy (non-hydrogen) atoms. The Bertz CT molecular complexity index is 1130. The minimum Gasteiger partial charge on any atom is -0.483 e. The van der Waals surface area contributed by atoms with E-state index in [2.05, 4.69) is 22.2 Å². The molecule has 1 unspecified atom stereocenters. The van der Waals surface area contributed by atoms with Crippen LogP contribution in [-0.4, -0.2) is 27.2 Å². The van der Waals surface area contributed by atoms with Crippen LogP contribution in [0.5, 0.6) is 5.75 Å². The average molecular weight is 439 g/mol. The SMILES string of the molecule is CC(NC(=O)COc1ccccc1Cc1ccccc1)c1cccc(NS(C)(=O)=O)c1. The summed E-state index contributed by atoms with van der Waals surface area (Å²) >= 11 is 0. The number of rotatable bonds is 9. The van der Waals surface area contributed by atoms with E-state index >= 15 is 0 Å². The van der Waals surface area contributed by atoms with Crippen LogP contribution in [0.4, 0.5) is 5.69 Å². The van der Waals surface area contributed by atoms with E-state index in [0.29, 0.717) is 11.4 Å². The van der Waals surface area contributed by atoms with Crippen LogP contribution in [0.1, 0.15) is 29.7 Å². The number of ether oxygens (including phenoxy) is 1. The van der Waals surface area contributed by atoms with Crippen molar-refractivity contribution < 1.29 is 17.9 Å². The Morgan fingerprint density at radius 2 is 1.68 bits per heavy atom. The van der Waals surface area contributed by atoms with E-state index in [1.54, 1.807) is 18.2 Å². The van der Waals surface area contributed by atoms with Crippen LogP contribution < -0.4 is 14.8 Å². The van der Waals surface area contributed by atoms with Gasteiger partial charge in [0.1, 0.15) is 5.75 Å². The fourth-order valence-corrected chi connectivity index (χ4v) is 3.76. The third kappa shape index (κ3) is 7.15. The monoisotopic (exact) mass is 438 g/mol. The van der Waals surface area contributed by atoms with Crippen LogP contribution in [0.2, 0.25) is 0 Å². The van der Waals surface area contributed by atoms with E-state index in [0.717, 1.165) is 23.8 Å². The number of carbonyl (C=O) groups excluding carboxylic acids is 1. The number of carbonyl (C=O) groups is 1. The van der Waals surface area contributed by atoms with Gasteiger partial charge in [-0.15, -0.1) is 0 Å². The molecule has 3 aromatic rings. The molecule has 0 radical (unpaired) electrons. The van der Waals surface area contributed by atoms with Crippen molar-refractivity contribution in [3.8, 4) is 5.75 Å². The smallest absolute Gasteiger partial charge is 0.258 e. The fraction of sp³-hybridized carbons (Fsp3) is 0.208. The summed E-state index contributed by atoms with van der Waals surface area (Å²) in [5.41, 5.74) is 3.41. The summed E-state index contributed by atoms with van der Waals surface area (Å²) in [5.74, 6) is 0.414. The number of nitrogens with one attached hydrogen (secondary N) is 2. The molecule has 0 heterocycles. The summed E-state index contributed by atoms with van der Waals surface area (Å²) in [6, 6.07) is 24.4. The van der Waals surface area contributed by atoms with Crippen molar-refractivity contribution in [2.45, 2.75) is 19.4 Å². The van der Waals surface area contributed by atoms with Gasteiger partial charge < -0.3 is 10.1 Å². The Balaban J connectivity index is 1.59. The molecule has 0 bridgehead atoms. The normalized spacial score (nSPS) is 12.1. The highest BCUT2D eigenvalue weighted by molar-refractivity contribution is 7.92. The summed E-state index contributed by atoms with van der Waals surface area (Å²) < 4.78 is 31.1. The standard InChI is InChI=1S/C24H26N2O4S/c1-18(20-12-8-13-22(16-20)26-31(2,28)29)25-24(27)17-30-23-14-7-6-11-21(23)15-19-9-4-3-5-10-19/h3-14,16,18,26H,15,17H2,1-2H3,(H,25,27). The van der Waals surface area contributed by atoms with Crippen LogP contribution in [0.3, 0.4) is 0 Å². The molecule has 0 aliphatic rings. The Kier molecular flexibility index (Phi) is 7.31. The predicted octanol–water partition coefficient (Wildman–Crippen LogP) is 3.91. The van der Waals surface area contributed by atoms with E-state index < -0.39 is 10.0 Å². The Hall–Kier alpha value is -3.32. The van der Waals surface area contributed by atoms with E-state index in [-0.39, 0.29) is 18.6 Å². The topological polar surface area (TPSA) is 84.5 Å². The molecule has 0 saturated heterocycles. The lowest BCUT2D eigenvalue weighted by Gasteiger charge is -2.17. The van der Waals surface area contributed by atoms with Gasteiger partial charge in [-0.25, -0.2) is 8.42 Å². The van der Waals surface area contributed by atoms with Crippen LogP contribution in [0.15, 0.2) is 78.9 Å². The van der Waals surface area contributed by atoms with Gasteiger partial charge in [0.25, 0.3) is 5.91 Å². The number of para-hydroxylation sites is 1. The van der Waals surface area contributed by atoms with E-state index in [9.17, 15) is 13.2 Å². The molecule has 0 aliphatic heterocycles. The molecule has 0 aromatic heterocycles. The third-order valence-corrected chi connectivity index (χ3v) is 5.24. The molecular formula is C24H26N2O4S. The number of hydrogen-bond donors (Lipinski definition) is 2. The van der Waals surface area contributed by atoms with Crippen molar-refractivity contribution >= 4 is 21.6 Å². The van der Waals surface area contributed by atoms with Crippen molar-refractivity contribution in [1.82, 2.24) is 5.32 Å². The number of sulfonamides is 1. The first-order valence-electron chi connectivity index (χ1n) is 9.92. The van der Waals surface area contributed by atoms with Gasteiger partial charge in [0.2, 0.25) is 10.0 Å². The lowest BCUT2D eigenvalue weighted by molar-refractivity contribution is -0.123. The molecule has 0 aliphatic carbocycles. The highest BCUT2D eigenvalue weighted by atomic mass is 32.2. The van der Waals surface area contributed by atoms with Gasteiger partial charge in [0.15, 0.2) is 6.61 Å². The number of benzene rings is 3. The maximum absolute atomic E-state index is 12.4. The Morgan fingerprint density at radius 1 is 0.968 bits per heavy atom. The third-order valence-electron chi connectivity index (χ3n) is 4.64. The van der Waals surface area contributed by atoms with E-state index in [1.807, 2.05) is 55.5 Å². The largest absolute Gasteiger partial charge is 0.483 e. The van der Waals surface area contributed by atoms with E-state index in [1.165, 1.54) is 5.56 Å². The minimum absolute atomic E-state index is 0.114. The first kappa shape index (κ1) is 22.4. The van der Waals surface area contributed by atoms with Crippen LogP contribution in [0, 0.1) is 0 Å². The Labute approximate surface area is 183 Å². The zero-order valence-corrected chi connectivity index (χ0v) is 18.4. The molecule has 1 atom stereocenters. The average Bonchev–Trinajstić information content (AvgIpc) is 2.73. The number of amides is 1. The molecule has 0 fully saturated rings. The lowest BCUT2D eigenvalue weighted by Crippen LogP contribution is -2.31. The molecule has 3 aromatic carbocycles. The second-order valence-electron chi connectivity index (χ2n) is 7.35. The lowest BCUT2D eigenvalue weighted by atomic mass is 10.0. The van der Waals surface area contributed by atoms with Crippen LogP contribution >= 0.6 is 0 Å². The van der Waals surface area contributed by atoms with Gasteiger partial charge in [-0.1, -0.05) is 60.7 Å². The molecule has 6 nitrogen and oxygen atoms in total. The summed E-state index contributed by atoms with van der Waals surface area (Å²) in [7, 11) is -3.37. The van der Waals surface area contributed by atoms with Gasteiger partial charge in [-0.05, 0) is 41.8 Å². The highest BCUT2D eigenvalue weighted by Gasteiger charge is 2.13. The van der Waals surface area contributed by atoms with E-state index in [4.69, 9.17) is 4.74 Å². The molecule has 1 amide bonds. The van der Waals surface area contributed by atoms with Crippen molar-refractivity contribution in [3.05, 3.63) is 95.6 Å². The maximum atomic E-state index is 12.4. The van der Waals surface area contributed by atoms with Gasteiger partial charge in [-0.3, -0.25) is 9.52 Å². The maximum Gasteiger partial charge on any atom is 0.258 e. The first-order valence-corrected chi connectivity index (χ1v) is 11.8. The molecule has 7 heteroatoms. The van der Waals surface area contributed by atoms with Gasteiger partial charge in [0.05, 0.1) is 12.3 Å². The van der Waals surface area contributed by atoms with Gasteiger partial charge >= 0.3 is 0 Å². The van der Waals surface area contributed by atoms with Crippen molar-refractivity contribution in [3.63, 3.8) is 0 Å². The molecule has 0 spiro atoms. The second-order valence-corrected chi connectivity index (χ2v) is 9.10. The van der Waals surface area contributed by atoms with Crippen LogP contribution in [0.25, 0.3) is 0 Å². The van der Waals surface area contributed by atoms with Crippen molar-refractivity contribution in [1.29, 1.82) is 0 Å². The first-order chi connectivity index (χ1) is 14.8. The van der Waals surface area contributed by atoms with Gasteiger partial charge in [-0.2, -0.15) is 0 Å². The molecular weight excluding hydrogens is 412 g/mol. The number of anilines is 1. The molecule has 2 N–H and O–H groups in total. The van der Waals surface area contributed by atoms with Gasteiger partial charge in [0, 0.05) is 12.1 Å². The summed E-state index contributed by atoms with van der Waals surface area (Å²) in [5, 5.41) is 2.88. The van der Waals surface area contributed by atoms with Crippen molar-refractivity contribution in [2.75, 3.05) is 17.6 Å². The summed E-state index contributed by atoms with van der Waals surface area (Å²) in [6.07, 6.45) is 1.81. The fourth-order valence-electron chi connectivity index (χ4n) is 3.20. The second kappa shape index (κ2) is 10.1. The summed E-state index contributed by atoms with van der Waals surface area (Å²) in [6.45, 7) is 1.72. The molecule has 0 saturated carbocycles. The Morgan fingerprint density at radius 3 is 2.42 bits per heavy atom. The summed E-state index contributed by atoms with van der Waals surface area (Å²) in [4.78, 5) is 12.4. The zero-order valence-electron chi connectivity index (χ0n) is 17.5. The van der Waals surface area contributed by atoms with Crippen molar-refractivity contribution in [2.24, 2.45) is 0 Å². The minimum atomic E-state index is -3.37.